The predicted molar refractivity (Wildman–Crippen MR) is 75.8 cm³/mol. The second kappa shape index (κ2) is 6.34. The molecule has 0 radical (unpaired) electrons. The normalized spacial score (nSPS) is 18.7. The van der Waals surface area contributed by atoms with Gasteiger partial charge in [-0.15, -0.1) is 11.3 Å². The van der Waals surface area contributed by atoms with E-state index in [4.69, 9.17) is 0 Å². The summed E-state index contributed by atoms with van der Waals surface area (Å²) in [6.07, 6.45) is 3.71. The zero-order chi connectivity index (χ0) is 13.0. The lowest BCUT2D eigenvalue weighted by Gasteiger charge is -2.24. The van der Waals surface area contributed by atoms with E-state index >= 15 is 0 Å². The Kier molecular flexibility index (Phi) is 4.78. The van der Waals surface area contributed by atoms with Crippen LogP contribution < -0.4 is 10.6 Å². The SMILES string of the molecule is CC(C)C(=O)NCCNC1CCCc2sccc21. The van der Waals surface area contributed by atoms with Crippen LogP contribution in [0.3, 0.4) is 0 Å². The van der Waals surface area contributed by atoms with Gasteiger partial charge in [0.25, 0.3) is 0 Å². The molecule has 1 amide bonds. The van der Waals surface area contributed by atoms with Crippen molar-refractivity contribution in [3.05, 3.63) is 21.9 Å². The van der Waals surface area contributed by atoms with Gasteiger partial charge >= 0.3 is 0 Å². The van der Waals surface area contributed by atoms with Crippen molar-refractivity contribution in [1.29, 1.82) is 0 Å². The number of aryl methyl sites for hydroxylation is 1. The fraction of sp³-hybridized carbons (Fsp3) is 0.643. The lowest BCUT2D eigenvalue weighted by atomic mass is 9.94. The van der Waals surface area contributed by atoms with E-state index in [0.29, 0.717) is 12.6 Å². The van der Waals surface area contributed by atoms with Gasteiger partial charge in [0, 0.05) is 29.9 Å². The summed E-state index contributed by atoms with van der Waals surface area (Å²) in [5, 5.41) is 8.68. The van der Waals surface area contributed by atoms with Crippen LogP contribution in [0, 0.1) is 5.92 Å². The quantitative estimate of drug-likeness (QED) is 0.804. The van der Waals surface area contributed by atoms with Gasteiger partial charge in [0.05, 0.1) is 0 Å². The van der Waals surface area contributed by atoms with Crippen molar-refractivity contribution in [1.82, 2.24) is 10.6 Å². The maximum atomic E-state index is 11.4. The van der Waals surface area contributed by atoms with Gasteiger partial charge in [0.15, 0.2) is 0 Å². The van der Waals surface area contributed by atoms with Crippen molar-refractivity contribution in [3.8, 4) is 0 Å². The zero-order valence-corrected chi connectivity index (χ0v) is 12.0. The molecule has 18 heavy (non-hydrogen) atoms. The highest BCUT2D eigenvalue weighted by atomic mass is 32.1. The number of hydrogen-bond donors (Lipinski definition) is 2. The minimum atomic E-state index is 0.0724. The molecule has 1 atom stereocenters. The Morgan fingerprint density at radius 1 is 1.50 bits per heavy atom. The van der Waals surface area contributed by atoms with Gasteiger partial charge in [-0.25, -0.2) is 0 Å². The van der Waals surface area contributed by atoms with E-state index in [0.717, 1.165) is 6.54 Å². The second-order valence-corrected chi connectivity index (χ2v) is 6.14. The zero-order valence-electron chi connectivity index (χ0n) is 11.2. The third-order valence-corrected chi connectivity index (χ3v) is 4.39. The molecule has 3 nitrogen and oxygen atoms in total. The van der Waals surface area contributed by atoms with Gasteiger partial charge in [-0.3, -0.25) is 4.79 Å². The number of rotatable bonds is 5. The third kappa shape index (κ3) is 3.33. The van der Waals surface area contributed by atoms with Crippen molar-refractivity contribution < 1.29 is 4.79 Å². The highest BCUT2D eigenvalue weighted by Crippen LogP contribution is 2.32. The van der Waals surface area contributed by atoms with Crippen LogP contribution >= 0.6 is 11.3 Å². The average molecular weight is 266 g/mol. The van der Waals surface area contributed by atoms with Gasteiger partial charge in [0.1, 0.15) is 0 Å². The predicted octanol–water partition coefficient (Wildman–Crippen LogP) is 2.49. The maximum absolute atomic E-state index is 11.4. The number of nitrogens with one attached hydrogen (secondary N) is 2. The van der Waals surface area contributed by atoms with Gasteiger partial charge in [-0.1, -0.05) is 13.8 Å². The van der Waals surface area contributed by atoms with E-state index in [1.165, 1.54) is 29.7 Å². The van der Waals surface area contributed by atoms with Crippen LogP contribution in [0.15, 0.2) is 11.4 Å². The highest BCUT2D eigenvalue weighted by Gasteiger charge is 2.20. The summed E-state index contributed by atoms with van der Waals surface area (Å²) in [5.41, 5.74) is 1.47. The third-order valence-electron chi connectivity index (χ3n) is 3.39. The first-order valence-electron chi connectivity index (χ1n) is 6.76. The van der Waals surface area contributed by atoms with Crippen LogP contribution in [-0.4, -0.2) is 19.0 Å². The summed E-state index contributed by atoms with van der Waals surface area (Å²) >= 11 is 1.87. The van der Waals surface area contributed by atoms with E-state index in [1.807, 2.05) is 25.2 Å². The molecule has 1 unspecified atom stereocenters. The molecule has 2 N–H and O–H groups in total. The number of fused-ring (bicyclic) bond motifs is 1. The van der Waals surface area contributed by atoms with Crippen molar-refractivity contribution in [2.24, 2.45) is 5.92 Å². The lowest BCUT2D eigenvalue weighted by molar-refractivity contribution is -0.123. The van der Waals surface area contributed by atoms with Crippen LogP contribution in [-0.2, 0) is 11.2 Å². The van der Waals surface area contributed by atoms with Gasteiger partial charge < -0.3 is 10.6 Å². The largest absolute Gasteiger partial charge is 0.355 e. The molecule has 0 aromatic carbocycles. The van der Waals surface area contributed by atoms with Crippen LogP contribution in [0.5, 0.6) is 0 Å². The molecular formula is C14H22N2OS. The van der Waals surface area contributed by atoms with Gasteiger partial charge in [-0.05, 0) is 36.3 Å². The smallest absolute Gasteiger partial charge is 0.222 e. The second-order valence-electron chi connectivity index (χ2n) is 5.14. The molecule has 4 heteroatoms. The minimum Gasteiger partial charge on any atom is -0.355 e. The molecule has 100 valence electrons. The molecule has 0 bridgehead atoms. The van der Waals surface area contributed by atoms with Crippen LogP contribution in [0.25, 0.3) is 0 Å². The average Bonchev–Trinajstić information content (AvgIpc) is 2.83. The number of carbonyl (C=O) groups excluding carboxylic acids is 1. The van der Waals surface area contributed by atoms with Gasteiger partial charge in [-0.2, -0.15) is 0 Å². The molecule has 0 fully saturated rings. The topological polar surface area (TPSA) is 41.1 Å². The van der Waals surface area contributed by atoms with Crippen molar-refractivity contribution in [3.63, 3.8) is 0 Å². The van der Waals surface area contributed by atoms with Crippen LogP contribution in [0.1, 0.15) is 43.2 Å². The Hall–Kier alpha value is -0.870. The summed E-state index contributed by atoms with van der Waals surface area (Å²) < 4.78 is 0. The van der Waals surface area contributed by atoms with Gasteiger partial charge in [0.2, 0.25) is 5.91 Å². The molecular weight excluding hydrogens is 244 g/mol. The minimum absolute atomic E-state index is 0.0724. The molecule has 0 aliphatic heterocycles. The van der Waals surface area contributed by atoms with E-state index in [-0.39, 0.29) is 11.8 Å². The lowest BCUT2D eigenvalue weighted by Crippen LogP contribution is -2.36. The Balaban J connectivity index is 1.74. The van der Waals surface area contributed by atoms with Crippen molar-refractivity contribution in [2.45, 2.75) is 39.2 Å². The number of amides is 1. The fourth-order valence-corrected chi connectivity index (χ4v) is 3.32. The van der Waals surface area contributed by atoms with Crippen molar-refractivity contribution in [2.75, 3.05) is 13.1 Å². The van der Waals surface area contributed by atoms with Crippen LogP contribution in [0.2, 0.25) is 0 Å². The summed E-state index contributed by atoms with van der Waals surface area (Å²) in [7, 11) is 0. The molecule has 0 saturated carbocycles. The van der Waals surface area contributed by atoms with E-state index in [1.54, 1.807) is 0 Å². The monoisotopic (exact) mass is 266 g/mol. The molecule has 0 spiro atoms. The molecule has 1 aliphatic carbocycles. The molecule has 1 heterocycles. The number of hydrogen-bond acceptors (Lipinski definition) is 3. The number of carbonyl (C=O) groups is 1. The maximum Gasteiger partial charge on any atom is 0.222 e. The van der Waals surface area contributed by atoms with E-state index in [2.05, 4.69) is 22.1 Å². The first-order chi connectivity index (χ1) is 8.68. The Morgan fingerprint density at radius 3 is 3.11 bits per heavy atom. The summed E-state index contributed by atoms with van der Waals surface area (Å²) in [4.78, 5) is 12.9. The number of thiophene rings is 1. The Bertz CT molecular complexity index is 400. The first kappa shape index (κ1) is 13.6. The molecule has 1 aliphatic rings. The van der Waals surface area contributed by atoms with E-state index in [9.17, 15) is 4.79 Å². The molecule has 1 aromatic rings. The van der Waals surface area contributed by atoms with E-state index < -0.39 is 0 Å². The van der Waals surface area contributed by atoms with Crippen LogP contribution in [0.4, 0.5) is 0 Å². The summed E-state index contributed by atoms with van der Waals surface area (Å²) in [6, 6.07) is 2.72. The standard InChI is InChI=1S/C14H22N2OS/c1-10(2)14(17)16-8-7-15-12-4-3-5-13-11(12)6-9-18-13/h6,9-10,12,15H,3-5,7-8H2,1-2H3,(H,16,17). The summed E-state index contributed by atoms with van der Waals surface area (Å²) in [6.45, 7) is 5.40. The first-order valence-corrected chi connectivity index (χ1v) is 7.64. The molecule has 2 rings (SSSR count). The summed E-state index contributed by atoms with van der Waals surface area (Å²) in [5.74, 6) is 0.208. The Labute approximate surface area is 113 Å². The Morgan fingerprint density at radius 2 is 2.33 bits per heavy atom. The molecule has 1 aromatic heterocycles. The molecule has 0 saturated heterocycles. The highest BCUT2D eigenvalue weighted by molar-refractivity contribution is 7.10. The fourth-order valence-electron chi connectivity index (χ4n) is 2.33. The van der Waals surface area contributed by atoms with Crippen molar-refractivity contribution >= 4 is 17.2 Å².